The third-order valence-corrected chi connectivity index (χ3v) is 2.16. The summed E-state index contributed by atoms with van der Waals surface area (Å²) >= 11 is 0. The third kappa shape index (κ3) is 6.26. The Morgan fingerprint density at radius 3 is 2.08 bits per heavy atom. The Morgan fingerprint density at radius 1 is 1.54 bits per heavy atom. The fraction of sp³-hybridized carbons (Fsp3) is 0.500. The first-order chi connectivity index (χ1) is 5.84. The van der Waals surface area contributed by atoms with Crippen LogP contribution in [0.25, 0.3) is 0 Å². The van der Waals surface area contributed by atoms with Crippen LogP contribution in [0.2, 0.25) is 0 Å². The standard InChI is InChI=1S/C4H6N2.C2H8N2O2S/c1-4-2-5-3-6-4;1-4(2)7(3,5)6/h2-3H,1H3,(H,5,6);1-2H3,(H2,3,5,6). The molecule has 0 aliphatic heterocycles. The molecule has 1 heterocycles. The van der Waals surface area contributed by atoms with Gasteiger partial charge in [-0.05, 0) is 6.92 Å². The number of aromatic nitrogens is 2. The van der Waals surface area contributed by atoms with Gasteiger partial charge >= 0.3 is 0 Å². The van der Waals surface area contributed by atoms with Gasteiger partial charge in [-0.3, -0.25) is 0 Å². The van der Waals surface area contributed by atoms with Crippen LogP contribution in [-0.4, -0.2) is 36.8 Å². The maximum Gasteiger partial charge on any atom is 0.276 e. The van der Waals surface area contributed by atoms with E-state index in [2.05, 4.69) is 15.1 Å². The van der Waals surface area contributed by atoms with E-state index >= 15 is 0 Å². The highest BCUT2D eigenvalue weighted by molar-refractivity contribution is 7.86. The van der Waals surface area contributed by atoms with Gasteiger partial charge in [0.05, 0.1) is 6.33 Å². The highest BCUT2D eigenvalue weighted by Crippen LogP contribution is 1.81. The third-order valence-electron chi connectivity index (χ3n) is 1.14. The molecule has 0 saturated carbocycles. The molecule has 1 rings (SSSR count). The average Bonchev–Trinajstić information content (AvgIpc) is 2.38. The molecule has 1 aromatic heterocycles. The van der Waals surface area contributed by atoms with Gasteiger partial charge in [-0.15, -0.1) is 0 Å². The summed E-state index contributed by atoms with van der Waals surface area (Å²) in [5, 5.41) is 4.58. The van der Waals surface area contributed by atoms with E-state index in [1.165, 1.54) is 14.1 Å². The molecule has 13 heavy (non-hydrogen) atoms. The van der Waals surface area contributed by atoms with Crippen molar-refractivity contribution in [3.63, 3.8) is 0 Å². The molecule has 0 aliphatic carbocycles. The lowest BCUT2D eigenvalue weighted by Crippen LogP contribution is -2.29. The molecule has 6 nitrogen and oxygen atoms in total. The van der Waals surface area contributed by atoms with Crippen molar-refractivity contribution in [3.8, 4) is 0 Å². The smallest absolute Gasteiger partial charge is 0.276 e. The Morgan fingerprint density at radius 2 is 2.00 bits per heavy atom. The van der Waals surface area contributed by atoms with E-state index in [-0.39, 0.29) is 0 Å². The summed E-state index contributed by atoms with van der Waals surface area (Å²) in [5.74, 6) is 0. The van der Waals surface area contributed by atoms with Gasteiger partial charge in [-0.25, -0.2) is 10.1 Å². The van der Waals surface area contributed by atoms with Crippen molar-refractivity contribution in [2.45, 2.75) is 6.92 Å². The van der Waals surface area contributed by atoms with Gasteiger partial charge < -0.3 is 4.98 Å². The van der Waals surface area contributed by atoms with Gasteiger partial charge in [0.15, 0.2) is 0 Å². The molecule has 0 fully saturated rings. The number of imidazole rings is 1. The Balaban J connectivity index is 0.000000223. The average molecular weight is 206 g/mol. The van der Waals surface area contributed by atoms with E-state index in [1.807, 2.05) is 6.92 Å². The summed E-state index contributed by atoms with van der Waals surface area (Å²) in [6.07, 6.45) is 3.44. The van der Waals surface area contributed by atoms with E-state index in [9.17, 15) is 8.42 Å². The van der Waals surface area contributed by atoms with E-state index in [0.717, 1.165) is 10.00 Å². The second-order valence-electron chi connectivity index (χ2n) is 2.56. The molecule has 0 aliphatic rings. The number of aryl methyl sites for hydroxylation is 1. The van der Waals surface area contributed by atoms with Gasteiger partial charge in [0.1, 0.15) is 0 Å². The van der Waals surface area contributed by atoms with Crippen molar-refractivity contribution >= 4 is 10.2 Å². The number of nitrogens with one attached hydrogen (secondary N) is 1. The van der Waals surface area contributed by atoms with E-state index in [4.69, 9.17) is 0 Å². The largest absolute Gasteiger partial charge is 0.349 e. The summed E-state index contributed by atoms with van der Waals surface area (Å²) in [4.78, 5) is 6.66. The predicted molar refractivity (Wildman–Crippen MR) is 50.1 cm³/mol. The molecule has 3 N–H and O–H groups in total. The van der Waals surface area contributed by atoms with Gasteiger partial charge in [0.25, 0.3) is 10.2 Å². The summed E-state index contributed by atoms with van der Waals surface area (Å²) < 4.78 is 21.0. The first-order valence-electron chi connectivity index (χ1n) is 3.49. The fourth-order valence-electron chi connectivity index (χ4n) is 0.325. The Hall–Kier alpha value is -0.920. The topological polar surface area (TPSA) is 92.1 Å². The van der Waals surface area contributed by atoms with Crippen LogP contribution in [-0.2, 0) is 10.2 Å². The minimum atomic E-state index is -3.41. The molecule has 0 aromatic carbocycles. The maximum absolute atomic E-state index is 10.0. The number of H-pyrrole nitrogens is 1. The zero-order chi connectivity index (χ0) is 10.5. The first kappa shape index (κ1) is 12.1. The van der Waals surface area contributed by atoms with Crippen molar-refractivity contribution in [1.82, 2.24) is 14.3 Å². The summed E-state index contributed by atoms with van der Waals surface area (Å²) in [6.45, 7) is 1.97. The summed E-state index contributed by atoms with van der Waals surface area (Å²) in [6, 6.07) is 0. The number of nitrogens with two attached hydrogens (primary N) is 1. The molecular weight excluding hydrogens is 192 g/mol. The number of nitrogens with zero attached hydrogens (tertiary/aromatic N) is 2. The van der Waals surface area contributed by atoms with Gasteiger partial charge in [0, 0.05) is 26.0 Å². The van der Waals surface area contributed by atoms with Gasteiger partial charge in [-0.1, -0.05) is 0 Å². The quantitative estimate of drug-likeness (QED) is 0.647. The number of hydrogen-bond acceptors (Lipinski definition) is 3. The minimum absolute atomic E-state index is 0.938. The van der Waals surface area contributed by atoms with Crippen LogP contribution in [0.3, 0.4) is 0 Å². The molecule has 1 aromatic rings. The molecule has 0 saturated heterocycles. The Labute approximate surface area is 78.0 Å². The molecule has 0 spiro atoms. The Bertz CT molecular complexity index is 316. The van der Waals surface area contributed by atoms with Crippen LogP contribution in [0.15, 0.2) is 12.5 Å². The van der Waals surface area contributed by atoms with E-state index in [0.29, 0.717) is 0 Å². The van der Waals surface area contributed by atoms with Crippen LogP contribution in [0.4, 0.5) is 0 Å². The maximum atomic E-state index is 10.0. The second kappa shape index (κ2) is 4.95. The zero-order valence-electron chi connectivity index (χ0n) is 7.85. The molecule has 0 amide bonds. The van der Waals surface area contributed by atoms with Gasteiger partial charge in [0.2, 0.25) is 0 Å². The summed E-state index contributed by atoms with van der Waals surface area (Å²) in [5.41, 5.74) is 1.11. The predicted octanol–water partition coefficient (Wildman–Crippen LogP) is -0.530. The highest BCUT2D eigenvalue weighted by atomic mass is 32.2. The highest BCUT2D eigenvalue weighted by Gasteiger charge is 2.01. The van der Waals surface area contributed by atoms with E-state index in [1.54, 1.807) is 12.5 Å². The van der Waals surface area contributed by atoms with Crippen molar-refractivity contribution in [2.24, 2.45) is 5.14 Å². The van der Waals surface area contributed by atoms with Crippen LogP contribution >= 0.6 is 0 Å². The fourth-order valence-corrected chi connectivity index (χ4v) is 0.325. The van der Waals surface area contributed by atoms with Crippen LogP contribution < -0.4 is 5.14 Å². The molecule has 0 bridgehead atoms. The zero-order valence-corrected chi connectivity index (χ0v) is 8.67. The Kier molecular flexibility index (Phi) is 4.60. The molecule has 76 valence electrons. The van der Waals surface area contributed by atoms with Gasteiger partial charge in [-0.2, -0.15) is 12.7 Å². The first-order valence-corrected chi connectivity index (χ1v) is 4.99. The number of aromatic amines is 1. The second-order valence-corrected chi connectivity index (χ2v) is 4.32. The lowest BCUT2D eigenvalue weighted by Gasteiger charge is -2.02. The van der Waals surface area contributed by atoms with Crippen LogP contribution in [0.1, 0.15) is 5.69 Å². The lowest BCUT2D eigenvalue weighted by molar-refractivity contribution is 0.522. The molecule has 0 atom stereocenters. The van der Waals surface area contributed by atoms with Crippen molar-refractivity contribution in [3.05, 3.63) is 18.2 Å². The molecular formula is C6H14N4O2S. The monoisotopic (exact) mass is 206 g/mol. The number of rotatable bonds is 1. The molecule has 0 unspecified atom stereocenters. The van der Waals surface area contributed by atoms with Crippen molar-refractivity contribution in [1.29, 1.82) is 0 Å². The van der Waals surface area contributed by atoms with Crippen molar-refractivity contribution in [2.75, 3.05) is 14.1 Å². The number of hydrogen-bond donors (Lipinski definition) is 2. The normalized spacial score (nSPS) is 10.8. The molecule has 0 radical (unpaired) electrons. The van der Waals surface area contributed by atoms with Crippen molar-refractivity contribution < 1.29 is 8.42 Å². The summed E-state index contributed by atoms with van der Waals surface area (Å²) in [7, 11) is -0.667. The molecule has 7 heteroatoms. The lowest BCUT2D eigenvalue weighted by atomic mass is 10.6. The minimum Gasteiger partial charge on any atom is -0.349 e. The van der Waals surface area contributed by atoms with Crippen LogP contribution in [0.5, 0.6) is 0 Å². The SMILES string of the molecule is CN(C)S(N)(=O)=O.Cc1cnc[nH]1. The van der Waals surface area contributed by atoms with E-state index < -0.39 is 10.2 Å². The van der Waals surface area contributed by atoms with Crippen LogP contribution in [0, 0.1) is 6.92 Å².